The largest absolute Gasteiger partial charge is 0.353 e. The van der Waals surface area contributed by atoms with E-state index in [0.29, 0.717) is 6.54 Å². The lowest BCUT2D eigenvalue weighted by atomic mass is 10.1. The van der Waals surface area contributed by atoms with E-state index in [4.69, 9.17) is 0 Å². The number of thiophene rings is 1. The molecule has 9 heteroatoms. The Morgan fingerprint density at radius 2 is 2.26 bits per heavy atom. The van der Waals surface area contributed by atoms with Crippen molar-refractivity contribution in [1.29, 1.82) is 0 Å². The van der Waals surface area contributed by atoms with Crippen LogP contribution in [0.2, 0.25) is 0 Å². The molecule has 23 heavy (non-hydrogen) atoms. The first kappa shape index (κ1) is 20.6. The summed E-state index contributed by atoms with van der Waals surface area (Å²) in [5.41, 5.74) is 1.37. The predicted molar refractivity (Wildman–Crippen MR) is 92.2 cm³/mol. The van der Waals surface area contributed by atoms with Gasteiger partial charge in [-0.25, -0.2) is 8.78 Å². The van der Waals surface area contributed by atoms with Crippen molar-refractivity contribution < 1.29 is 13.6 Å². The van der Waals surface area contributed by atoms with Gasteiger partial charge in [0, 0.05) is 37.5 Å². The maximum absolute atomic E-state index is 13.0. The van der Waals surface area contributed by atoms with Crippen LogP contribution in [0, 0.1) is 0 Å². The highest BCUT2D eigenvalue weighted by molar-refractivity contribution is 7.10. The van der Waals surface area contributed by atoms with Crippen LogP contribution in [-0.2, 0) is 17.8 Å². The van der Waals surface area contributed by atoms with E-state index in [1.165, 1.54) is 10.4 Å². The van der Waals surface area contributed by atoms with Gasteiger partial charge in [0.05, 0.1) is 12.6 Å². The highest BCUT2D eigenvalue weighted by Crippen LogP contribution is 2.25. The fourth-order valence-electron chi connectivity index (χ4n) is 2.86. The van der Waals surface area contributed by atoms with Crippen LogP contribution in [-0.4, -0.2) is 49.0 Å². The second-order valence-corrected chi connectivity index (χ2v) is 6.68. The number of fused-ring (bicyclic) bond motifs is 1. The summed E-state index contributed by atoms with van der Waals surface area (Å²) in [5, 5.41) is 7.44. The molecule has 3 rings (SSSR count). The molecular formula is C14H21Cl2F2N3OS. The number of hydrogen-bond donors (Lipinski definition) is 2. The van der Waals surface area contributed by atoms with Crippen molar-refractivity contribution in [3.63, 3.8) is 0 Å². The molecule has 1 aromatic rings. The molecule has 1 atom stereocenters. The molecule has 1 fully saturated rings. The maximum Gasteiger partial charge on any atom is 0.262 e. The summed E-state index contributed by atoms with van der Waals surface area (Å²) in [5.74, 6) is -3.08. The zero-order valence-corrected chi connectivity index (χ0v) is 15.0. The van der Waals surface area contributed by atoms with Crippen molar-refractivity contribution in [2.24, 2.45) is 0 Å². The molecule has 0 saturated carbocycles. The quantitative estimate of drug-likeness (QED) is 0.830. The number of carbonyl (C=O) groups is 1. The Kier molecular flexibility index (Phi) is 7.67. The molecule has 1 aromatic heterocycles. The number of nitrogens with one attached hydrogen (secondary N) is 2. The first-order chi connectivity index (χ1) is 10.0. The Morgan fingerprint density at radius 3 is 2.96 bits per heavy atom. The maximum atomic E-state index is 13.0. The summed E-state index contributed by atoms with van der Waals surface area (Å²) < 4.78 is 26.1. The van der Waals surface area contributed by atoms with Crippen LogP contribution >= 0.6 is 36.2 Å². The van der Waals surface area contributed by atoms with Crippen LogP contribution in [0.5, 0.6) is 0 Å². The van der Waals surface area contributed by atoms with Gasteiger partial charge in [-0.3, -0.25) is 15.0 Å². The molecule has 0 radical (unpaired) electrons. The Hall–Kier alpha value is -0.470. The minimum absolute atomic E-state index is 0. The van der Waals surface area contributed by atoms with Crippen LogP contribution < -0.4 is 10.6 Å². The normalized spacial score (nSPS) is 22.6. The van der Waals surface area contributed by atoms with Crippen LogP contribution in [0.1, 0.15) is 16.9 Å². The van der Waals surface area contributed by atoms with Crippen LogP contribution in [0.15, 0.2) is 11.4 Å². The first-order valence-electron chi connectivity index (χ1n) is 7.20. The molecule has 0 aromatic carbocycles. The number of rotatable bonds is 4. The summed E-state index contributed by atoms with van der Waals surface area (Å²) in [6, 6.07) is 1.39. The SMILES string of the molecule is Cl.Cl.O=C(NCCN1CCc2sccc2C1)C1CC(F)(F)CN1. The number of amides is 1. The van der Waals surface area contributed by atoms with E-state index < -0.39 is 24.9 Å². The van der Waals surface area contributed by atoms with Gasteiger partial charge in [0.2, 0.25) is 5.91 Å². The molecule has 1 saturated heterocycles. The van der Waals surface area contributed by atoms with Crippen molar-refractivity contribution in [1.82, 2.24) is 15.5 Å². The van der Waals surface area contributed by atoms with Crippen molar-refractivity contribution in [3.05, 3.63) is 21.9 Å². The van der Waals surface area contributed by atoms with Gasteiger partial charge in [-0.2, -0.15) is 0 Å². The zero-order valence-electron chi connectivity index (χ0n) is 12.5. The van der Waals surface area contributed by atoms with Gasteiger partial charge in [-0.05, 0) is 23.4 Å². The molecule has 0 spiro atoms. The molecule has 3 heterocycles. The molecule has 0 bridgehead atoms. The van der Waals surface area contributed by atoms with Crippen LogP contribution in [0.3, 0.4) is 0 Å². The summed E-state index contributed by atoms with van der Waals surface area (Å²) in [4.78, 5) is 15.5. The lowest BCUT2D eigenvalue weighted by molar-refractivity contribution is -0.123. The molecular weight excluding hydrogens is 367 g/mol. The second-order valence-electron chi connectivity index (χ2n) is 5.68. The van der Waals surface area contributed by atoms with E-state index in [-0.39, 0.29) is 30.7 Å². The second kappa shape index (κ2) is 8.58. The summed E-state index contributed by atoms with van der Waals surface area (Å²) in [6.07, 6.45) is 0.651. The van der Waals surface area contributed by atoms with Crippen molar-refractivity contribution >= 4 is 42.1 Å². The van der Waals surface area contributed by atoms with E-state index in [0.717, 1.165) is 26.1 Å². The predicted octanol–water partition coefficient (Wildman–Crippen LogP) is 2.06. The summed E-state index contributed by atoms with van der Waals surface area (Å²) >= 11 is 1.80. The van der Waals surface area contributed by atoms with E-state index in [1.807, 2.05) is 0 Å². The fourth-order valence-corrected chi connectivity index (χ4v) is 3.75. The number of alkyl halides is 2. The number of carbonyl (C=O) groups excluding carboxylic acids is 1. The van der Waals surface area contributed by atoms with Gasteiger partial charge in [0.25, 0.3) is 5.92 Å². The standard InChI is InChI=1S/C14H19F2N3OS.2ClH/c15-14(16)7-11(18-9-14)13(20)17-3-5-19-4-1-12-10(8-19)2-6-21-12;;/h2,6,11,18H,1,3-5,7-9H2,(H,17,20);2*1H. The van der Waals surface area contributed by atoms with Crippen molar-refractivity contribution in [2.45, 2.75) is 31.4 Å². The molecule has 1 unspecified atom stereocenters. The Bertz CT molecular complexity index is 530. The highest BCUT2D eigenvalue weighted by atomic mass is 35.5. The van der Waals surface area contributed by atoms with Crippen LogP contribution in [0.25, 0.3) is 0 Å². The average Bonchev–Trinajstić information content (AvgIpc) is 3.04. The van der Waals surface area contributed by atoms with Crippen LogP contribution in [0.4, 0.5) is 8.78 Å². The Balaban J connectivity index is 0.00000132. The molecule has 2 aliphatic heterocycles. The lowest BCUT2D eigenvalue weighted by Crippen LogP contribution is -2.44. The van der Waals surface area contributed by atoms with Crippen molar-refractivity contribution in [2.75, 3.05) is 26.2 Å². The third-order valence-electron chi connectivity index (χ3n) is 4.04. The van der Waals surface area contributed by atoms with Gasteiger partial charge in [-0.15, -0.1) is 36.2 Å². The van der Waals surface area contributed by atoms with E-state index >= 15 is 0 Å². The highest BCUT2D eigenvalue weighted by Gasteiger charge is 2.42. The molecule has 1 amide bonds. The topological polar surface area (TPSA) is 44.4 Å². The molecule has 2 N–H and O–H groups in total. The number of hydrogen-bond acceptors (Lipinski definition) is 4. The fraction of sp³-hybridized carbons (Fsp3) is 0.643. The van der Waals surface area contributed by atoms with E-state index in [2.05, 4.69) is 27.0 Å². The Morgan fingerprint density at radius 1 is 1.48 bits per heavy atom. The van der Waals surface area contributed by atoms with Gasteiger partial charge in [0.15, 0.2) is 0 Å². The van der Waals surface area contributed by atoms with Gasteiger partial charge >= 0.3 is 0 Å². The average molecular weight is 388 g/mol. The summed E-state index contributed by atoms with van der Waals surface area (Å²) in [7, 11) is 0. The Labute approximate surface area is 150 Å². The van der Waals surface area contributed by atoms with E-state index in [9.17, 15) is 13.6 Å². The van der Waals surface area contributed by atoms with E-state index in [1.54, 1.807) is 11.3 Å². The molecule has 0 aliphatic carbocycles. The monoisotopic (exact) mass is 387 g/mol. The zero-order chi connectivity index (χ0) is 14.9. The molecule has 132 valence electrons. The third kappa shape index (κ3) is 5.26. The number of halogens is 4. The van der Waals surface area contributed by atoms with Gasteiger partial charge in [-0.1, -0.05) is 0 Å². The van der Waals surface area contributed by atoms with Gasteiger partial charge < -0.3 is 5.32 Å². The minimum Gasteiger partial charge on any atom is -0.353 e. The van der Waals surface area contributed by atoms with Gasteiger partial charge in [0.1, 0.15) is 0 Å². The first-order valence-corrected chi connectivity index (χ1v) is 8.08. The molecule has 4 nitrogen and oxygen atoms in total. The number of nitrogens with zero attached hydrogens (tertiary/aromatic N) is 1. The third-order valence-corrected chi connectivity index (χ3v) is 5.06. The minimum atomic E-state index is -2.76. The smallest absolute Gasteiger partial charge is 0.262 e. The molecule has 2 aliphatic rings. The lowest BCUT2D eigenvalue weighted by Gasteiger charge is -2.26. The van der Waals surface area contributed by atoms with Crippen molar-refractivity contribution in [3.8, 4) is 0 Å². The summed E-state index contributed by atoms with van der Waals surface area (Å²) in [6.45, 7) is 2.75.